The molecular weight excluding hydrogens is 463 g/mol. The van der Waals surface area contributed by atoms with E-state index < -0.39 is 0 Å². The smallest absolute Gasteiger partial charge is 0.191 e. The Morgan fingerprint density at radius 1 is 1.21 bits per heavy atom. The quantitative estimate of drug-likeness (QED) is 0.247. The summed E-state index contributed by atoms with van der Waals surface area (Å²) in [7, 11) is 1.85. The molecule has 2 N–H and O–H groups in total. The third-order valence-corrected chi connectivity index (χ3v) is 5.24. The van der Waals surface area contributed by atoms with Gasteiger partial charge in [-0.25, -0.2) is 4.98 Å². The first-order valence-electron chi connectivity index (χ1n) is 10.4. The van der Waals surface area contributed by atoms with Gasteiger partial charge in [-0.05, 0) is 59.1 Å². The van der Waals surface area contributed by atoms with Crippen LogP contribution in [-0.2, 0) is 0 Å². The van der Waals surface area contributed by atoms with Gasteiger partial charge in [-0.15, -0.1) is 24.0 Å². The molecule has 7 heteroatoms. The van der Waals surface area contributed by atoms with Gasteiger partial charge in [0.1, 0.15) is 5.82 Å². The number of hydrogen-bond acceptors (Lipinski definition) is 4. The van der Waals surface area contributed by atoms with E-state index in [4.69, 9.17) is 0 Å². The molecule has 2 rings (SSSR count). The molecule has 1 saturated heterocycles. The van der Waals surface area contributed by atoms with Crippen LogP contribution in [0.25, 0.3) is 0 Å². The van der Waals surface area contributed by atoms with E-state index in [2.05, 4.69) is 70.2 Å². The van der Waals surface area contributed by atoms with Gasteiger partial charge in [0.2, 0.25) is 0 Å². The zero-order valence-corrected chi connectivity index (χ0v) is 20.5. The van der Waals surface area contributed by atoms with Gasteiger partial charge < -0.3 is 15.5 Å². The summed E-state index contributed by atoms with van der Waals surface area (Å²) in [6.07, 6.45) is 5.19. The largest absolute Gasteiger partial charge is 0.356 e. The molecule has 1 aromatic heterocycles. The van der Waals surface area contributed by atoms with Crippen LogP contribution in [0, 0.1) is 0 Å². The van der Waals surface area contributed by atoms with Crippen LogP contribution in [0.5, 0.6) is 0 Å². The molecule has 2 heterocycles. The summed E-state index contributed by atoms with van der Waals surface area (Å²) in [5.41, 5.74) is 0. The molecule has 1 aromatic rings. The van der Waals surface area contributed by atoms with E-state index in [0.717, 1.165) is 57.2 Å². The van der Waals surface area contributed by atoms with Crippen molar-refractivity contribution in [2.45, 2.75) is 65.1 Å². The Kier molecular flexibility index (Phi) is 11.8. The first kappa shape index (κ1) is 24.9. The molecule has 0 radical (unpaired) electrons. The van der Waals surface area contributed by atoms with Crippen molar-refractivity contribution in [2.24, 2.45) is 4.99 Å². The fraction of sp³-hybridized carbons (Fsp3) is 0.714. The number of rotatable bonds is 8. The first-order chi connectivity index (χ1) is 13.0. The number of nitrogens with one attached hydrogen (secondary N) is 2. The van der Waals surface area contributed by atoms with Gasteiger partial charge in [-0.3, -0.25) is 9.89 Å². The number of halogens is 1. The van der Waals surface area contributed by atoms with Crippen molar-refractivity contribution in [1.82, 2.24) is 20.5 Å². The van der Waals surface area contributed by atoms with Gasteiger partial charge in [0.15, 0.2) is 5.96 Å². The first-order valence-corrected chi connectivity index (χ1v) is 10.4. The molecule has 0 bridgehead atoms. The molecule has 0 spiro atoms. The lowest BCUT2D eigenvalue weighted by Gasteiger charge is -2.34. The molecule has 0 aromatic carbocycles. The van der Waals surface area contributed by atoms with Crippen LogP contribution in [0.1, 0.15) is 47.0 Å². The summed E-state index contributed by atoms with van der Waals surface area (Å²) in [5, 5.41) is 7.07. The van der Waals surface area contributed by atoms with Crippen molar-refractivity contribution >= 4 is 35.8 Å². The second kappa shape index (κ2) is 13.2. The number of guanidine groups is 1. The zero-order valence-electron chi connectivity index (χ0n) is 18.2. The topological polar surface area (TPSA) is 55.8 Å². The molecule has 0 unspecified atom stereocenters. The van der Waals surface area contributed by atoms with E-state index in [1.54, 1.807) is 0 Å². The Morgan fingerprint density at radius 2 is 1.89 bits per heavy atom. The van der Waals surface area contributed by atoms with E-state index in [1.807, 2.05) is 19.3 Å². The third kappa shape index (κ3) is 8.11. The SMILES string of the molecule is CN=C(NCCCN(C(C)C)C(C)C)NC1CCN(c2ccccn2)CC1.I. The lowest BCUT2D eigenvalue weighted by atomic mass is 10.1. The lowest BCUT2D eigenvalue weighted by Crippen LogP contribution is -2.49. The lowest BCUT2D eigenvalue weighted by molar-refractivity contribution is 0.173. The highest BCUT2D eigenvalue weighted by molar-refractivity contribution is 14.0. The second-order valence-corrected chi connectivity index (χ2v) is 7.87. The highest BCUT2D eigenvalue weighted by Gasteiger charge is 2.20. The zero-order chi connectivity index (χ0) is 19.6. The average Bonchev–Trinajstić information content (AvgIpc) is 2.67. The molecule has 0 atom stereocenters. The summed E-state index contributed by atoms with van der Waals surface area (Å²) < 4.78 is 0. The minimum absolute atomic E-state index is 0. The van der Waals surface area contributed by atoms with Crippen LogP contribution in [0.2, 0.25) is 0 Å². The van der Waals surface area contributed by atoms with Crippen LogP contribution in [-0.4, -0.2) is 67.2 Å². The van der Waals surface area contributed by atoms with Crippen molar-refractivity contribution in [3.63, 3.8) is 0 Å². The summed E-state index contributed by atoms with van der Waals surface area (Å²) in [4.78, 5) is 13.8. The van der Waals surface area contributed by atoms with E-state index in [0.29, 0.717) is 18.1 Å². The van der Waals surface area contributed by atoms with Gasteiger partial charge in [-0.1, -0.05) is 6.07 Å². The number of aliphatic imine (C=N–C) groups is 1. The normalized spacial score (nSPS) is 15.9. The molecule has 1 fully saturated rings. The van der Waals surface area contributed by atoms with Crippen LogP contribution in [0.15, 0.2) is 29.4 Å². The highest BCUT2D eigenvalue weighted by atomic mass is 127. The maximum atomic E-state index is 4.46. The van der Waals surface area contributed by atoms with Gasteiger partial charge >= 0.3 is 0 Å². The predicted octanol–water partition coefficient (Wildman–Crippen LogP) is 3.34. The number of piperidine rings is 1. The van der Waals surface area contributed by atoms with E-state index in [9.17, 15) is 0 Å². The molecule has 0 aliphatic carbocycles. The van der Waals surface area contributed by atoms with Crippen molar-refractivity contribution in [2.75, 3.05) is 38.1 Å². The number of nitrogens with zero attached hydrogens (tertiary/aromatic N) is 4. The van der Waals surface area contributed by atoms with Crippen LogP contribution in [0.4, 0.5) is 5.82 Å². The van der Waals surface area contributed by atoms with E-state index in [1.165, 1.54) is 0 Å². The van der Waals surface area contributed by atoms with Crippen LogP contribution < -0.4 is 15.5 Å². The molecule has 0 amide bonds. The number of anilines is 1. The van der Waals surface area contributed by atoms with Gasteiger partial charge in [0.25, 0.3) is 0 Å². The van der Waals surface area contributed by atoms with Crippen molar-refractivity contribution < 1.29 is 0 Å². The number of hydrogen-bond donors (Lipinski definition) is 2. The summed E-state index contributed by atoms with van der Waals surface area (Å²) in [6.45, 7) is 13.2. The van der Waals surface area contributed by atoms with Crippen LogP contribution >= 0.6 is 24.0 Å². The monoisotopic (exact) mass is 502 g/mol. The van der Waals surface area contributed by atoms with Gasteiger partial charge in [-0.2, -0.15) is 0 Å². The predicted molar refractivity (Wildman–Crippen MR) is 131 cm³/mol. The second-order valence-electron chi connectivity index (χ2n) is 7.87. The molecule has 1 aliphatic heterocycles. The van der Waals surface area contributed by atoms with Crippen molar-refractivity contribution in [1.29, 1.82) is 0 Å². The van der Waals surface area contributed by atoms with Crippen molar-refractivity contribution in [3.8, 4) is 0 Å². The fourth-order valence-electron chi connectivity index (χ4n) is 3.76. The Balaban J connectivity index is 0.00000392. The molecule has 28 heavy (non-hydrogen) atoms. The van der Waals surface area contributed by atoms with E-state index >= 15 is 0 Å². The van der Waals surface area contributed by atoms with E-state index in [-0.39, 0.29) is 24.0 Å². The molecule has 0 saturated carbocycles. The average molecular weight is 502 g/mol. The van der Waals surface area contributed by atoms with Crippen molar-refractivity contribution in [3.05, 3.63) is 24.4 Å². The Morgan fingerprint density at radius 3 is 2.43 bits per heavy atom. The third-order valence-electron chi connectivity index (χ3n) is 5.24. The maximum Gasteiger partial charge on any atom is 0.191 e. The standard InChI is InChI=1S/C21H38N6.HI/c1-17(2)27(18(3)4)14-8-13-24-21(22-5)25-19-10-15-26(16-11-19)20-9-6-7-12-23-20;/h6-7,9,12,17-19H,8,10-11,13-16H2,1-5H3,(H2,22,24,25);1H. The number of aromatic nitrogens is 1. The minimum atomic E-state index is 0. The van der Waals surface area contributed by atoms with Gasteiger partial charge in [0.05, 0.1) is 0 Å². The summed E-state index contributed by atoms with van der Waals surface area (Å²) >= 11 is 0. The summed E-state index contributed by atoms with van der Waals surface area (Å²) in [6, 6.07) is 7.76. The maximum absolute atomic E-state index is 4.46. The highest BCUT2D eigenvalue weighted by Crippen LogP contribution is 2.17. The Hall–Kier alpha value is -1.09. The number of pyridine rings is 1. The van der Waals surface area contributed by atoms with Gasteiger partial charge in [0, 0.05) is 57.5 Å². The molecule has 6 nitrogen and oxygen atoms in total. The Bertz CT molecular complexity index is 547. The molecular formula is C21H39IN6. The summed E-state index contributed by atoms with van der Waals surface area (Å²) in [5.74, 6) is 2.00. The molecule has 1 aliphatic rings. The van der Waals surface area contributed by atoms with Crippen LogP contribution in [0.3, 0.4) is 0 Å². The molecule has 160 valence electrons. The fourth-order valence-corrected chi connectivity index (χ4v) is 3.76. The minimum Gasteiger partial charge on any atom is -0.356 e. The Labute approximate surface area is 188 Å².